The Morgan fingerprint density at radius 2 is 2.39 bits per heavy atom. The van der Waals surface area contributed by atoms with Crippen molar-refractivity contribution in [1.29, 1.82) is 0 Å². The van der Waals surface area contributed by atoms with Gasteiger partial charge in [-0.1, -0.05) is 22.9 Å². The highest BCUT2D eigenvalue weighted by molar-refractivity contribution is 9.10. The van der Waals surface area contributed by atoms with Crippen LogP contribution in [0.15, 0.2) is 22.7 Å². The van der Waals surface area contributed by atoms with Crippen LogP contribution < -0.4 is 5.32 Å². The Hall–Kier alpha value is -0.0600. The summed E-state index contributed by atoms with van der Waals surface area (Å²) in [5.74, 6) is 1.11. The van der Waals surface area contributed by atoms with Gasteiger partial charge in [0.2, 0.25) is 0 Å². The predicted octanol–water partition coefficient (Wildman–Crippen LogP) is 4.00. The molecular formula is C14H19BrFNS. The van der Waals surface area contributed by atoms with Crippen LogP contribution in [0, 0.1) is 5.82 Å². The maximum Gasteiger partial charge on any atom is 0.123 e. The minimum atomic E-state index is -0.150. The largest absolute Gasteiger partial charge is 0.313 e. The molecule has 0 bridgehead atoms. The van der Waals surface area contributed by atoms with Crippen LogP contribution in [0.25, 0.3) is 0 Å². The number of likely N-dealkylation sites (N-methyl/N-ethyl adjacent to an activating group) is 1. The number of benzene rings is 1. The van der Waals surface area contributed by atoms with E-state index in [9.17, 15) is 4.39 Å². The Bertz CT molecular complexity index is 393. The van der Waals surface area contributed by atoms with Crippen molar-refractivity contribution in [1.82, 2.24) is 5.32 Å². The average Bonchev–Trinajstić information content (AvgIpc) is 2.87. The van der Waals surface area contributed by atoms with E-state index in [2.05, 4.69) is 28.2 Å². The highest BCUT2D eigenvalue weighted by Gasteiger charge is 2.25. The quantitative estimate of drug-likeness (QED) is 0.875. The molecular weight excluding hydrogens is 313 g/mol. The fourth-order valence-electron chi connectivity index (χ4n) is 2.45. The number of hydrogen-bond donors (Lipinski definition) is 1. The summed E-state index contributed by atoms with van der Waals surface area (Å²) < 4.78 is 14.3. The molecule has 0 aromatic heterocycles. The Labute approximate surface area is 121 Å². The van der Waals surface area contributed by atoms with Crippen molar-refractivity contribution in [3.05, 3.63) is 34.1 Å². The van der Waals surface area contributed by atoms with E-state index in [1.165, 1.54) is 24.7 Å². The second kappa shape index (κ2) is 6.92. The van der Waals surface area contributed by atoms with E-state index in [1.807, 2.05) is 11.8 Å². The number of halogens is 2. The summed E-state index contributed by atoms with van der Waals surface area (Å²) in [6.45, 7) is 3.10. The van der Waals surface area contributed by atoms with Crippen LogP contribution in [0.3, 0.4) is 0 Å². The topological polar surface area (TPSA) is 12.0 Å². The Morgan fingerprint density at radius 3 is 3.06 bits per heavy atom. The molecule has 100 valence electrons. The molecule has 1 aromatic carbocycles. The van der Waals surface area contributed by atoms with Gasteiger partial charge in [0.1, 0.15) is 5.82 Å². The monoisotopic (exact) mass is 331 g/mol. The van der Waals surface area contributed by atoms with Crippen LogP contribution in [0.2, 0.25) is 0 Å². The fourth-order valence-corrected chi connectivity index (χ4v) is 4.26. The molecule has 0 radical (unpaired) electrons. The molecule has 1 saturated heterocycles. The Morgan fingerprint density at radius 1 is 1.56 bits per heavy atom. The summed E-state index contributed by atoms with van der Waals surface area (Å²) >= 11 is 5.57. The molecule has 1 fully saturated rings. The molecule has 0 amide bonds. The first kappa shape index (κ1) is 14.4. The molecule has 4 heteroatoms. The van der Waals surface area contributed by atoms with Gasteiger partial charge in [-0.25, -0.2) is 4.39 Å². The first-order valence-corrected chi connectivity index (χ1v) is 8.33. The highest BCUT2D eigenvalue weighted by Crippen LogP contribution is 2.31. The third-order valence-electron chi connectivity index (χ3n) is 3.33. The van der Waals surface area contributed by atoms with Crippen LogP contribution in [-0.4, -0.2) is 23.6 Å². The summed E-state index contributed by atoms with van der Waals surface area (Å²) in [5.41, 5.74) is 1.06. The van der Waals surface area contributed by atoms with Gasteiger partial charge in [-0.05, 0) is 55.3 Å². The summed E-state index contributed by atoms with van der Waals surface area (Å²) in [4.78, 5) is 0. The van der Waals surface area contributed by atoms with Crippen molar-refractivity contribution in [3.63, 3.8) is 0 Å². The molecule has 0 spiro atoms. The van der Waals surface area contributed by atoms with Crippen molar-refractivity contribution in [3.8, 4) is 0 Å². The van der Waals surface area contributed by atoms with Gasteiger partial charge >= 0.3 is 0 Å². The lowest BCUT2D eigenvalue weighted by atomic mass is 10.0. The molecule has 2 rings (SSSR count). The predicted molar refractivity (Wildman–Crippen MR) is 80.7 cm³/mol. The number of hydrogen-bond acceptors (Lipinski definition) is 2. The lowest BCUT2D eigenvalue weighted by molar-refractivity contribution is 0.493. The molecule has 1 N–H and O–H groups in total. The molecule has 1 aromatic rings. The van der Waals surface area contributed by atoms with Gasteiger partial charge in [0.15, 0.2) is 0 Å². The van der Waals surface area contributed by atoms with E-state index >= 15 is 0 Å². The van der Waals surface area contributed by atoms with Crippen molar-refractivity contribution in [2.45, 2.75) is 37.5 Å². The average molecular weight is 332 g/mol. The van der Waals surface area contributed by atoms with Gasteiger partial charge < -0.3 is 5.32 Å². The van der Waals surface area contributed by atoms with Gasteiger partial charge in [0.05, 0.1) is 0 Å². The van der Waals surface area contributed by atoms with Crippen LogP contribution in [0.4, 0.5) is 4.39 Å². The van der Waals surface area contributed by atoms with Crippen LogP contribution in [0.1, 0.15) is 25.3 Å². The third-order valence-corrected chi connectivity index (χ3v) is 5.62. The summed E-state index contributed by atoms with van der Waals surface area (Å²) in [6.07, 6.45) is 3.47. The van der Waals surface area contributed by atoms with E-state index in [4.69, 9.17) is 0 Å². The maximum absolute atomic E-state index is 13.3. The lowest BCUT2D eigenvalue weighted by Crippen LogP contribution is -2.39. The fraction of sp³-hybridized carbons (Fsp3) is 0.571. The SMILES string of the molecule is CCNC(Cc1cc(F)ccc1Br)C1CCCS1. The molecule has 1 aliphatic heterocycles. The second-order valence-electron chi connectivity index (χ2n) is 4.66. The smallest absolute Gasteiger partial charge is 0.123 e. The molecule has 18 heavy (non-hydrogen) atoms. The summed E-state index contributed by atoms with van der Waals surface area (Å²) in [6, 6.07) is 5.39. The Balaban J connectivity index is 2.09. The van der Waals surface area contributed by atoms with Gasteiger partial charge in [0, 0.05) is 15.8 Å². The minimum Gasteiger partial charge on any atom is -0.313 e. The molecule has 2 atom stereocenters. The lowest BCUT2D eigenvalue weighted by Gasteiger charge is -2.24. The molecule has 1 nitrogen and oxygen atoms in total. The van der Waals surface area contributed by atoms with Crippen LogP contribution >= 0.6 is 27.7 Å². The first-order chi connectivity index (χ1) is 8.70. The van der Waals surface area contributed by atoms with Crippen molar-refractivity contribution >= 4 is 27.7 Å². The van der Waals surface area contributed by atoms with Gasteiger partial charge in [0.25, 0.3) is 0 Å². The summed E-state index contributed by atoms with van der Waals surface area (Å²) in [7, 11) is 0. The van der Waals surface area contributed by atoms with Crippen molar-refractivity contribution in [2.24, 2.45) is 0 Å². The van der Waals surface area contributed by atoms with Crippen LogP contribution in [-0.2, 0) is 6.42 Å². The zero-order valence-corrected chi connectivity index (χ0v) is 13.0. The van der Waals surface area contributed by atoms with Gasteiger partial charge in [-0.15, -0.1) is 0 Å². The van der Waals surface area contributed by atoms with Gasteiger partial charge in [-0.2, -0.15) is 11.8 Å². The second-order valence-corrected chi connectivity index (χ2v) is 6.86. The molecule has 1 aliphatic rings. The van der Waals surface area contributed by atoms with E-state index in [0.29, 0.717) is 11.3 Å². The zero-order chi connectivity index (χ0) is 13.0. The van der Waals surface area contributed by atoms with Gasteiger partial charge in [-0.3, -0.25) is 0 Å². The van der Waals surface area contributed by atoms with E-state index in [-0.39, 0.29) is 5.82 Å². The molecule has 1 heterocycles. The summed E-state index contributed by atoms with van der Waals surface area (Å²) in [5, 5.41) is 4.22. The number of thioether (sulfide) groups is 1. The van der Waals surface area contributed by atoms with Crippen LogP contribution in [0.5, 0.6) is 0 Å². The third kappa shape index (κ3) is 3.72. The first-order valence-electron chi connectivity index (χ1n) is 6.49. The zero-order valence-electron chi connectivity index (χ0n) is 10.6. The molecule has 2 unspecified atom stereocenters. The van der Waals surface area contributed by atoms with E-state index < -0.39 is 0 Å². The standard InChI is InChI=1S/C14H19BrFNS/c1-2-17-13(14-4-3-7-18-14)9-10-8-11(16)5-6-12(10)15/h5-6,8,13-14,17H,2-4,7,9H2,1H3. The number of rotatable bonds is 5. The Kier molecular flexibility index (Phi) is 5.52. The molecule has 0 saturated carbocycles. The molecule has 0 aliphatic carbocycles. The van der Waals surface area contributed by atoms with E-state index in [1.54, 1.807) is 12.1 Å². The minimum absolute atomic E-state index is 0.150. The van der Waals surface area contributed by atoms with Crippen molar-refractivity contribution in [2.75, 3.05) is 12.3 Å². The highest BCUT2D eigenvalue weighted by atomic mass is 79.9. The maximum atomic E-state index is 13.3. The number of nitrogens with one attached hydrogen (secondary N) is 1. The normalized spacial score (nSPS) is 21.2. The van der Waals surface area contributed by atoms with E-state index in [0.717, 1.165) is 23.0 Å². The van der Waals surface area contributed by atoms with Crippen molar-refractivity contribution < 1.29 is 4.39 Å².